The van der Waals surface area contributed by atoms with Gasteiger partial charge in [0.15, 0.2) is 0 Å². The Kier molecular flexibility index (Phi) is 7.63. The summed E-state index contributed by atoms with van der Waals surface area (Å²) in [5.74, 6) is -0.178. The van der Waals surface area contributed by atoms with Gasteiger partial charge in [-0.1, -0.05) is 26.2 Å². The summed E-state index contributed by atoms with van der Waals surface area (Å²) in [5.41, 5.74) is 0. The third-order valence-corrected chi connectivity index (χ3v) is 5.19. The summed E-state index contributed by atoms with van der Waals surface area (Å²) in [6.45, 7) is 3.18. The smallest absolute Gasteiger partial charge is 0.320 e. The molecule has 0 bridgehead atoms. The summed E-state index contributed by atoms with van der Waals surface area (Å²) in [7, 11) is 1.88. The van der Waals surface area contributed by atoms with Crippen LogP contribution in [0.25, 0.3) is 0 Å². The zero-order valence-electron chi connectivity index (χ0n) is 13.7. The second kappa shape index (κ2) is 8.73. The molecule has 0 aromatic carbocycles. The van der Waals surface area contributed by atoms with E-state index in [-0.39, 0.29) is 24.9 Å². The molecule has 1 aliphatic carbocycles. The van der Waals surface area contributed by atoms with Gasteiger partial charge in [-0.25, -0.2) is 0 Å². The van der Waals surface area contributed by atoms with E-state index in [2.05, 4.69) is 6.92 Å². The zero-order chi connectivity index (χ0) is 15.4. The molecule has 3 unspecified atom stereocenters. The van der Waals surface area contributed by atoms with Gasteiger partial charge in [0.2, 0.25) is 5.91 Å². The van der Waals surface area contributed by atoms with Gasteiger partial charge in [0.25, 0.3) is 0 Å². The van der Waals surface area contributed by atoms with Crippen molar-refractivity contribution in [1.82, 2.24) is 9.80 Å². The Bertz CT molecular complexity index is 392. The molecule has 22 heavy (non-hydrogen) atoms. The number of carboxylic acid groups (broad SMARTS) is 1. The molecular formula is C16H29ClN2O3. The lowest BCUT2D eigenvalue weighted by Gasteiger charge is -2.38. The lowest BCUT2D eigenvalue weighted by atomic mass is 9.85. The summed E-state index contributed by atoms with van der Waals surface area (Å²) >= 11 is 0. The van der Waals surface area contributed by atoms with Crippen LogP contribution in [0.15, 0.2) is 0 Å². The maximum absolute atomic E-state index is 12.5. The summed E-state index contributed by atoms with van der Waals surface area (Å²) in [6, 6.07) is -0.167. The van der Waals surface area contributed by atoms with Gasteiger partial charge in [-0.3, -0.25) is 14.5 Å². The minimum absolute atomic E-state index is 0. The number of piperidine rings is 1. The number of hydrogen-bond donors (Lipinski definition) is 1. The van der Waals surface area contributed by atoms with E-state index in [4.69, 9.17) is 0 Å². The van der Waals surface area contributed by atoms with Crippen molar-refractivity contribution in [1.29, 1.82) is 0 Å². The molecule has 5 nitrogen and oxygen atoms in total. The van der Waals surface area contributed by atoms with E-state index in [9.17, 15) is 14.7 Å². The first kappa shape index (κ1) is 19.2. The second-order valence-corrected chi connectivity index (χ2v) is 6.65. The monoisotopic (exact) mass is 332 g/mol. The number of carboxylic acids is 1. The van der Waals surface area contributed by atoms with Gasteiger partial charge in [0.1, 0.15) is 6.04 Å². The van der Waals surface area contributed by atoms with Crippen molar-refractivity contribution < 1.29 is 14.7 Å². The van der Waals surface area contributed by atoms with Crippen LogP contribution in [-0.4, -0.2) is 59.0 Å². The predicted molar refractivity (Wildman–Crippen MR) is 88.3 cm³/mol. The highest BCUT2D eigenvalue weighted by atomic mass is 35.5. The molecule has 2 aliphatic rings. The number of hydrogen-bond acceptors (Lipinski definition) is 3. The minimum Gasteiger partial charge on any atom is -0.480 e. The maximum Gasteiger partial charge on any atom is 0.320 e. The van der Waals surface area contributed by atoms with Crippen LogP contribution in [-0.2, 0) is 9.59 Å². The van der Waals surface area contributed by atoms with Gasteiger partial charge < -0.3 is 10.0 Å². The molecule has 1 saturated carbocycles. The Morgan fingerprint density at radius 1 is 1.14 bits per heavy atom. The van der Waals surface area contributed by atoms with Gasteiger partial charge >= 0.3 is 5.97 Å². The van der Waals surface area contributed by atoms with Gasteiger partial charge in [0, 0.05) is 13.1 Å². The molecule has 0 aromatic rings. The van der Waals surface area contributed by atoms with E-state index in [0.29, 0.717) is 18.4 Å². The van der Waals surface area contributed by atoms with E-state index in [1.165, 1.54) is 19.3 Å². The number of nitrogens with zero attached hydrogens (tertiary/aromatic N) is 2. The van der Waals surface area contributed by atoms with Gasteiger partial charge in [-0.05, 0) is 38.1 Å². The fourth-order valence-electron chi connectivity index (χ4n) is 3.80. The number of likely N-dealkylation sites (tertiary alicyclic amines) is 1. The van der Waals surface area contributed by atoms with E-state index in [0.717, 1.165) is 25.8 Å². The highest BCUT2D eigenvalue weighted by molar-refractivity contribution is 5.85. The fraction of sp³-hybridized carbons (Fsp3) is 0.875. The second-order valence-electron chi connectivity index (χ2n) is 6.65. The number of carbonyl (C=O) groups is 2. The number of carbonyl (C=O) groups excluding carboxylic acids is 1. The van der Waals surface area contributed by atoms with Crippen molar-refractivity contribution in [3.05, 3.63) is 0 Å². The normalized spacial score (nSPS) is 29.5. The highest BCUT2D eigenvalue weighted by Crippen LogP contribution is 2.27. The number of amides is 1. The van der Waals surface area contributed by atoms with Crippen molar-refractivity contribution >= 4 is 24.3 Å². The van der Waals surface area contributed by atoms with Crippen LogP contribution < -0.4 is 0 Å². The van der Waals surface area contributed by atoms with Crippen molar-refractivity contribution in [3.63, 3.8) is 0 Å². The lowest BCUT2D eigenvalue weighted by molar-refractivity contribution is -0.146. The van der Waals surface area contributed by atoms with E-state index >= 15 is 0 Å². The molecule has 0 aromatic heterocycles. The first-order valence-corrected chi connectivity index (χ1v) is 8.23. The average molecular weight is 333 g/mol. The molecule has 1 N–H and O–H groups in total. The molecule has 2 fully saturated rings. The van der Waals surface area contributed by atoms with Gasteiger partial charge in [0.05, 0.1) is 6.54 Å². The van der Waals surface area contributed by atoms with E-state index in [1.807, 2.05) is 16.8 Å². The molecule has 0 spiro atoms. The molecule has 1 saturated heterocycles. The third kappa shape index (κ3) is 4.59. The van der Waals surface area contributed by atoms with Crippen LogP contribution in [0.1, 0.15) is 51.9 Å². The largest absolute Gasteiger partial charge is 0.480 e. The van der Waals surface area contributed by atoms with Crippen LogP contribution >= 0.6 is 12.4 Å². The Balaban J connectivity index is 0.00000242. The molecule has 2 rings (SSSR count). The minimum atomic E-state index is -0.795. The summed E-state index contributed by atoms with van der Waals surface area (Å²) in [4.78, 5) is 27.5. The molecular weight excluding hydrogens is 304 g/mol. The molecule has 128 valence electrons. The zero-order valence-corrected chi connectivity index (χ0v) is 14.5. The Morgan fingerprint density at radius 3 is 2.41 bits per heavy atom. The van der Waals surface area contributed by atoms with Crippen LogP contribution in [0.2, 0.25) is 0 Å². The fourth-order valence-corrected chi connectivity index (χ4v) is 3.80. The quantitative estimate of drug-likeness (QED) is 0.858. The predicted octanol–water partition coefficient (Wildman–Crippen LogP) is 2.38. The standard InChI is InChI=1S/C16H28N2O3.ClH/c1-12-7-3-4-8-13(12)17(2)15(19)11-18-10-6-5-9-14(18)16(20)21;/h12-14H,3-11H2,1-2H3,(H,20,21);1H. The maximum atomic E-state index is 12.5. The van der Waals surface area contributed by atoms with Crippen molar-refractivity contribution in [2.75, 3.05) is 20.1 Å². The molecule has 1 amide bonds. The Labute approximate surface area is 139 Å². The molecule has 1 heterocycles. The Hall–Kier alpha value is -0.810. The molecule has 6 heteroatoms. The third-order valence-electron chi connectivity index (χ3n) is 5.19. The summed E-state index contributed by atoms with van der Waals surface area (Å²) < 4.78 is 0. The Morgan fingerprint density at radius 2 is 1.77 bits per heavy atom. The summed E-state index contributed by atoms with van der Waals surface area (Å²) in [6.07, 6.45) is 7.29. The van der Waals surface area contributed by atoms with Crippen LogP contribution in [0.5, 0.6) is 0 Å². The van der Waals surface area contributed by atoms with Crippen molar-refractivity contribution in [2.24, 2.45) is 5.92 Å². The first-order chi connectivity index (χ1) is 10.0. The lowest BCUT2D eigenvalue weighted by Crippen LogP contribution is -2.51. The number of aliphatic carboxylic acids is 1. The molecule has 3 atom stereocenters. The van der Waals surface area contributed by atoms with Gasteiger partial charge in [-0.15, -0.1) is 12.4 Å². The first-order valence-electron chi connectivity index (χ1n) is 8.23. The van der Waals surface area contributed by atoms with E-state index < -0.39 is 12.0 Å². The average Bonchev–Trinajstić information content (AvgIpc) is 2.47. The van der Waals surface area contributed by atoms with Gasteiger partial charge in [-0.2, -0.15) is 0 Å². The molecule has 1 aliphatic heterocycles. The van der Waals surface area contributed by atoms with Crippen LogP contribution in [0.3, 0.4) is 0 Å². The number of rotatable bonds is 4. The van der Waals surface area contributed by atoms with Crippen LogP contribution in [0.4, 0.5) is 0 Å². The van der Waals surface area contributed by atoms with Crippen LogP contribution in [0, 0.1) is 5.92 Å². The van der Waals surface area contributed by atoms with Crippen molar-refractivity contribution in [2.45, 2.75) is 64.0 Å². The summed E-state index contributed by atoms with van der Waals surface area (Å²) in [5, 5.41) is 9.28. The SMILES string of the molecule is CC1CCCCC1N(C)C(=O)CN1CCCCC1C(=O)O.Cl. The number of likely N-dealkylation sites (N-methyl/N-ethyl adjacent to an activating group) is 1. The highest BCUT2D eigenvalue weighted by Gasteiger charge is 2.33. The van der Waals surface area contributed by atoms with E-state index in [1.54, 1.807) is 0 Å². The topological polar surface area (TPSA) is 60.9 Å². The van der Waals surface area contributed by atoms with Crippen molar-refractivity contribution in [3.8, 4) is 0 Å². The number of halogens is 1. The molecule has 0 radical (unpaired) electrons.